The SMILES string of the molecule is Cn1cnc(C(=O)CC2CCCC2)c1. The summed E-state index contributed by atoms with van der Waals surface area (Å²) in [6.07, 6.45) is 9.20. The fraction of sp³-hybridized carbons (Fsp3) is 0.636. The highest BCUT2D eigenvalue weighted by atomic mass is 16.1. The molecule has 1 aliphatic rings. The first-order valence-electron chi connectivity index (χ1n) is 5.27. The van der Waals surface area contributed by atoms with Crippen molar-refractivity contribution in [1.29, 1.82) is 0 Å². The van der Waals surface area contributed by atoms with E-state index in [2.05, 4.69) is 4.98 Å². The van der Waals surface area contributed by atoms with Gasteiger partial charge in [0.15, 0.2) is 5.78 Å². The maximum Gasteiger partial charge on any atom is 0.183 e. The van der Waals surface area contributed by atoms with Crippen molar-refractivity contribution in [3.8, 4) is 0 Å². The predicted molar refractivity (Wildman–Crippen MR) is 54.1 cm³/mol. The lowest BCUT2D eigenvalue weighted by Gasteiger charge is -2.05. The van der Waals surface area contributed by atoms with Crippen molar-refractivity contribution in [3.05, 3.63) is 18.2 Å². The van der Waals surface area contributed by atoms with E-state index in [9.17, 15) is 4.79 Å². The van der Waals surface area contributed by atoms with Crippen LogP contribution in [0.5, 0.6) is 0 Å². The number of carbonyl (C=O) groups is 1. The summed E-state index contributed by atoms with van der Waals surface area (Å²) >= 11 is 0. The molecule has 0 aliphatic heterocycles. The Kier molecular flexibility index (Phi) is 2.66. The van der Waals surface area contributed by atoms with Crippen molar-refractivity contribution in [2.24, 2.45) is 13.0 Å². The molecule has 1 heterocycles. The lowest BCUT2D eigenvalue weighted by molar-refractivity contribution is 0.0957. The molecule has 14 heavy (non-hydrogen) atoms. The number of imidazole rings is 1. The van der Waals surface area contributed by atoms with E-state index in [1.165, 1.54) is 25.7 Å². The molecule has 0 bridgehead atoms. The van der Waals surface area contributed by atoms with Crippen LogP contribution >= 0.6 is 0 Å². The van der Waals surface area contributed by atoms with E-state index < -0.39 is 0 Å². The highest BCUT2D eigenvalue weighted by molar-refractivity contribution is 5.94. The summed E-state index contributed by atoms with van der Waals surface area (Å²) in [4.78, 5) is 15.8. The zero-order valence-corrected chi connectivity index (χ0v) is 8.57. The van der Waals surface area contributed by atoms with Crippen LogP contribution in [0.2, 0.25) is 0 Å². The number of hydrogen-bond acceptors (Lipinski definition) is 2. The second-order valence-electron chi connectivity index (χ2n) is 4.20. The van der Waals surface area contributed by atoms with Gasteiger partial charge < -0.3 is 4.57 Å². The van der Waals surface area contributed by atoms with Gasteiger partial charge in [-0.1, -0.05) is 25.7 Å². The standard InChI is InChI=1S/C11H16N2O/c1-13-7-10(12-8-13)11(14)6-9-4-2-3-5-9/h7-9H,2-6H2,1H3. The van der Waals surface area contributed by atoms with E-state index in [-0.39, 0.29) is 5.78 Å². The molecular formula is C11H16N2O. The summed E-state index contributed by atoms with van der Waals surface area (Å²) in [5.41, 5.74) is 0.624. The van der Waals surface area contributed by atoms with E-state index in [4.69, 9.17) is 0 Å². The molecule has 0 radical (unpaired) electrons. The quantitative estimate of drug-likeness (QED) is 0.688. The van der Waals surface area contributed by atoms with Crippen LogP contribution in [0.25, 0.3) is 0 Å². The van der Waals surface area contributed by atoms with Gasteiger partial charge in [-0.3, -0.25) is 4.79 Å². The molecule has 1 fully saturated rings. The molecule has 0 saturated heterocycles. The van der Waals surface area contributed by atoms with Crippen LogP contribution in [0.3, 0.4) is 0 Å². The molecule has 3 heteroatoms. The summed E-state index contributed by atoms with van der Waals surface area (Å²) in [6, 6.07) is 0. The van der Waals surface area contributed by atoms with Gasteiger partial charge in [-0.25, -0.2) is 4.98 Å². The average molecular weight is 192 g/mol. The maximum absolute atomic E-state index is 11.7. The molecule has 1 aromatic rings. The second kappa shape index (κ2) is 3.95. The smallest absolute Gasteiger partial charge is 0.183 e. The third-order valence-electron chi connectivity index (χ3n) is 2.94. The number of ketones is 1. The first-order chi connectivity index (χ1) is 6.75. The molecule has 0 spiro atoms. The Morgan fingerprint density at radius 2 is 2.29 bits per heavy atom. The number of rotatable bonds is 3. The van der Waals surface area contributed by atoms with E-state index in [0.717, 1.165) is 0 Å². The first-order valence-corrected chi connectivity index (χ1v) is 5.27. The largest absolute Gasteiger partial charge is 0.340 e. The molecule has 1 aromatic heterocycles. The van der Waals surface area contributed by atoms with E-state index >= 15 is 0 Å². The van der Waals surface area contributed by atoms with Gasteiger partial charge in [-0.15, -0.1) is 0 Å². The Hall–Kier alpha value is -1.12. The monoisotopic (exact) mass is 192 g/mol. The van der Waals surface area contributed by atoms with Gasteiger partial charge >= 0.3 is 0 Å². The maximum atomic E-state index is 11.7. The van der Waals surface area contributed by atoms with E-state index in [1.807, 2.05) is 11.6 Å². The van der Waals surface area contributed by atoms with Crippen molar-refractivity contribution in [2.75, 3.05) is 0 Å². The molecular weight excluding hydrogens is 176 g/mol. The Balaban J connectivity index is 1.95. The van der Waals surface area contributed by atoms with Crippen molar-refractivity contribution in [3.63, 3.8) is 0 Å². The summed E-state index contributed by atoms with van der Waals surface area (Å²) in [5.74, 6) is 0.821. The van der Waals surface area contributed by atoms with Gasteiger partial charge in [0.2, 0.25) is 0 Å². The number of aromatic nitrogens is 2. The fourth-order valence-electron chi connectivity index (χ4n) is 2.14. The topological polar surface area (TPSA) is 34.9 Å². The van der Waals surface area contributed by atoms with Crippen LogP contribution in [0.1, 0.15) is 42.6 Å². The third-order valence-corrected chi connectivity index (χ3v) is 2.94. The molecule has 0 atom stereocenters. The molecule has 0 aromatic carbocycles. The van der Waals surface area contributed by atoms with Crippen LogP contribution in [-0.2, 0) is 7.05 Å². The second-order valence-corrected chi connectivity index (χ2v) is 4.20. The third kappa shape index (κ3) is 2.03. The zero-order valence-electron chi connectivity index (χ0n) is 8.57. The molecule has 3 nitrogen and oxygen atoms in total. The summed E-state index contributed by atoms with van der Waals surface area (Å²) in [7, 11) is 1.89. The summed E-state index contributed by atoms with van der Waals surface area (Å²) in [5, 5.41) is 0. The minimum atomic E-state index is 0.206. The Labute approximate surface area is 84.1 Å². The lowest BCUT2D eigenvalue weighted by Crippen LogP contribution is -2.06. The zero-order chi connectivity index (χ0) is 9.97. The molecule has 0 amide bonds. The number of carbonyl (C=O) groups excluding carboxylic acids is 1. The number of aryl methyl sites for hydroxylation is 1. The molecule has 0 N–H and O–H groups in total. The van der Waals surface area contributed by atoms with E-state index in [0.29, 0.717) is 18.0 Å². The lowest BCUT2D eigenvalue weighted by atomic mass is 10.00. The van der Waals surface area contributed by atoms with Crippen LogP contribution in [0.4, 0.5) is 0 Å². The van der Waals surface area contributed by atoms with Gasteiger partial charge in [-0.2, -0.15) is 0 Å². The van der Waals surface area contributed by atoms with Gasteiger partial charge in [0, 0.05) is 19.7 Å². The fourth-order valence-corrected chi connectivity index (χ4v) is 2.14. The minimum absolute atomic E-state index is 0.206. The van der Waals surface area contributed by atoms with Gasteiger partial charge in [0.1, 0.15) is 5.69 Å². The van der Waals surface area contributed by atoms with Crippen molar-refractivity contribution >= 4 is 5.78 Å². The molecule has 1 saturated carbocycles. The van der Waals surface area contributed by atoms with Gasteiger partial charge in [-0.05, 0) is 5.92 Å². The Bertz CT molecular complexity index is 324. The van der Waals surface area contributed by atoms with Crippen LogP contribution in [-0.4, -0.2) is 15.3 Å². The molecule has 76 valence electrons. The number of hydrogen-bond donors (Lipinski definition) is 0. The van der Waals surface area contributed by atoms with Crippen molar-refractivity contribution < 1.29 is 4.79 Å². The highest BCUT2D eigenvalue weighted by Gasteiger charge is 2.20. The van der Waals surface area contributed by atoms with Gasteiger partial charge in [0.25, 0.3) is 0 Å². The number of nitrogens with zero attached hydrogens (tertiary/aromatic N) is 2. The van der Waals surface area contributed by atoms with E-state index in [1.54, 1.807) is 12.5 Å². The van der Waals surface area contributed by atoms with Gasteiger partial charge in [0.05, 0.1) is 6.33 Å². The molecule has 1 aliphatic carbocycles. The highest BCUT2D eigenvalue weighted by Crippen LogP contribution is 2.28. The Morgan fingerprint density at radius 3 is 2.86 bits per heavy atom. The Morgan fingerprint density at radius 1 is 1.57 bits per heavy atom. The van der Waals surface area contributed by atoms with Crippen molar-refractivity contribution in [1.82, 2.24) is 9.55 Å². The minimum Gasteiger partial charge on any atom is -0.340 e. The van der Waals surface area contributed by atoms with Crippen LogP contribution in [0, 0.1) is 5.92 Å². The molecule has 2 rings (SSSR count). The molecule has 0 unspecified atom stereocenters. The van der Waals surface area contributed by atoms with Crippen molar-refractivity contribution in [2.45, 2.75) is 32.1 Å². The average Bonchev–Trinajstić information content (AvgIpc) is 2.75. The van der Waals surface area contributed by atoms with Crippen LogP contribution in [0.15, 0.2) is 12.5 Å². The first kappa shape index (κ1) is 9.44. The van der Waals surface area contributed by atoms with Crippen LogP contribution < -0.4 is 0 Å². The number of Topliss-reactive ketones (excluding diaryl/α,β-unsaturated/α-hetero) is 1. The summed E-state index contributed by atoms with van der Waals surface area (Å²) in [6.45, 7) is 0. The normalized spacial score (nSPS) is 17.5. The summed E-state index contributed by atoms with van der Waals surface area (Å²) < 4.78 is 1.82. The predicted octanol–water partition coefficient (Wildman–Crippen LogP) is 2.18.